The Morgan fingerprint density at radius 1 is 0.419 bits per heavy atom. The van der Waals surface area contributed by atoms with Gasteiger partial charge in [0.05, 0.1) is 5.54 Å². The minimum Gasteiger partial charge on any atom is -0.334 e. The number of rotatable bonds is 3. The van der Waals surface area contributed by atoms with Crippen LogP contribution in [-0.4, -0.2) is 12.3 Å². The molecule has 0 amide bonds. The molecule has 10 aromatic rings. The molecule has 368 valence electrons. The number of thiophene rings is 2. The molecule has 1 fully saturated rings. The van der Waals surface area contributed by atoms with Crippen molar-refractivity contribution >= 4 is 132 Å². The van der Waals surface area contributed by atoms with Crippen LogP contribution in [0.5, 0.6) is 0 Å². The Bertz CT molecular complexity index is 3800. The maximum absolute atomic E-state index is 2.83. The van der Waals surface area contributed by atoms with Crippen molar-refractivity contribution < 1.29 is 0 Å². The number of nitrogens with zero attached hydrogens (tertiary/aromatic N) is 3. The van der Waals surface area contributed by atoms with E-state index in [4.69, 9.17) is 0 Å². The highest BCUT2D eigenvalue weighted by atomic mass is 32.1. The lowest BCUT2D eigenvalue weighted by molar-refractivity contribution is 0.195. The Kier molecular flexibility index (Phi) is 9.75. The van der Waals surface area contributed by atoms with Gasteiger partial charge in [0.1, 0.15) is 0 Å². The van der Waals surface area contributed by atoms with Crippen LogP contribution in [0.25, 0.3) is 40.3 Å². The summed E-state index contributed by atoms with van der Waals surface area (Å²) in [6.45, 7) is 26.5. The Morgan fingerprint density at radius 2 is 0.865 bits per heavy atom. The zero-order valence-corrected chi connectivity index (χ0v) is 46.6. The van der Waals surface area contributed by atoms with Gasteiger partial charge in [-0.05, 0) is 154 Å². The van der Waals surface area contributed by atoms with Gasteiger partial charge in [-0.3, -0.25) is 0 Å². The van der Waals surface area contributed by atoms with Crippen LogP contribution >= 0.6 is 22.7 Å². The average Bonchev–Trinajstić information content (AvgIpc) is 4.03. The van der Waals surface area contributed by atoms with E-state index in [1.54, 1.807) is 0 Å². The molecule has 1 aliphatic carbocycles. The lowest BCUT2D eigenvalue weighted by atomic mass is 9.33. The lowest BCUT2D eigenvalue weighted by Crippen LogP contribution is -2.62. The van der Waals surface area contributed by atoms with Gasteiger partial charge in [0, 0.05) is 91.3 Å². The summed E-state index contributed by atoms with van der Waals surface area (Å²) in [5, 5.41) is 5.27. The first-order chi connectivity index (χ1) is 35.3. The molecule has 2 unspecified atom stereocenters. The lowest BCUT2D eigenvalue weighted by Gasteiger charge is -2.51. The molecule has 4 aliphatic rings. The molecule has 0 saturated heterocycles. The maximum atomic E-state index is 2.83. The molecule has 14 rings (SSSR count). The quantitative estimate of drug-likeness (QED) is 0.163. The second-order valence-corrected chi connectivity index (χ2v) is 27.9. The van der Waals surface area contributed by atoms with E-state index in [1.807, 2.05) is 22.7 Å². The van der Waals surface area contributed by atoms with Crippen LogP contribution in [0.3, 0.4) is 0 Å². The summed E-state index contributed by atoms with van der Waals surface area (Å²) >= 11 is 3.79. The molecule has 3 aliphatic heterocycles. The molecule has 0 N–H and O–H groups in total. The minimum absolute atomic E-state index is 0.0108. The summed E-state index contributed by atoms with van der Waals surface area (Å²) in [5.74, 6) is 0. The molecule has 0 radical (unpaired) electrons. The van der Waals surface area contributed by atoms with E-state index >= 15 is 0 Å². The van der Waals surface area contributed by atoms with Crippen molar-refractivity contribution in [2.24, 2.45) is 0 Å². The smallest absolute Gasteiger partial charge is 0.252 e. The Labute approximate surface area is 446 Å². The number of fused-ring (bicyclic) bond motifs is 13. The topological polar surface area (TPSA) is 9.72 Å². The van der Waals surface area contributed by atoms with E-state index in [9.17, 15) is 0 Å². The van der Waals surface area contributed by atoms with Gasteiger partial charge in [-0.2, -0.15) is 0 Å². The highest BCUT2D eigenvalue weighted by Gasteiger charge is 2.58. The van der Waals surface area contributed by atoms with Gasteiger partial charge < -0.3 is 14.7 Å². The van der Waals surface area contributed by atoms with Crippen LogP contribution in [0.1, 0.15) is 124 Å². The molecule has 74 heavy (non-hydrogen) atoms. The minimum atomic E-state index is -0.147. The molecule has 8 aromatic carbocycles. The van der Waals surface area contributed by atoms with Gasteiger partial charge in [-0.1, -0.05) is 155 Å². The largest absolute Gasteiger partial charge is 0.334 e. The third-order valence-electron chi connectivity index (χ3n) is 18.2. The fourth-order valence-corrected chi connectivity index (χ4v) is 16.1. The van der Waals surface area contributed by atoms with E-state index < -0.39 is 0 Å². The van der Waals surface area contributed by atoms with Crippen LogP contribution in [0.4, 0.5) is 45.5 Å². The zero-order valence-electron chi connectivity index (χ0n) is 45.0. The predicted octanol–water partition coefficient (Wildman–Crippen LogP) is 18.1. The van der Waals surface area contributed by atoms with Crippen molar-refractivity contribution in [1.29, 1.82) is 0 Å². The summed E-state index contributed by atoms with van der Waals surface area (Å²) in [4.78, 5) is 8.17. The number of hydrogen-bond acceptors (Lipinski definition) is 5. The third-order valence-corrected chi connectivity index (χ3v) is 20.6. The van der Waals surface area contributed by atoms with Gasteiger partial charge in [-0.25, -0.2) is 0 Å². The fourth-order valence-electron chi connectivity index (χ4n) is 13.9. The molecule has 0 bridgehead atoms. The van der Waals surface area contributed by atoms with Gasteiger partial charge in [0.2, 0.25) is 0 Å². The van der Waals surface area contributed by atoms with E-state index in [0.29, 0.717) is 0 Å². The normalized spacial score (nSPS) is 19.3. The SMILES string of the molecule is CC(C)(C)c1ccc2c(c1)B1c3cc(C(C)(C)C)ccc3N(c3ccc4sc5ccccc5c4c3)c3cc(N4c5ccc(C(C)(C)C)cc5C5(C)CCCCC45C)cc(c31)N2c1ccc2sc3ccccc3c2c1. The van der Waals surface area contributed by atoms with Crippen molar-refractivity contribution in [2.75, 3.05) is 14.7 Å². The van der Waals surface area contributed by atoms with Gasteiger partial charge in [-0.15, -0.1) is 22.7 Å². The molecule has 5 heterocycles. The monoisotopic (exact) mass is 999 g/mol. The Balaban J connectivity index is 1.12. The Hall–Kier alpha value is -6.34. The summed E-state index contributed by atoms with van der Waals surface area (Å²) in [7, 11) is 0. The molecule has 3 nitrogen and oxygen atoms in total. The first-order valence-electron chi connectivity index (χ1n) is 27.2. The first-order valence-corrected chi connectivity index (χ1v) is 28.8. The summed E-state index contributed by atoms with van der Waals surface area (Å²) in [6.07, 6.45) is 4.77. The van der Waals surface area contributed by atoms with Crippen LogP contribution in [-0.2, 0) is 21.7 Å². The highest BCUT2D eigenvalue weighted by molar-refractivity contribution is 7.26. The van der Waals surface area contributed by atoms with E-state index in [1.165, 1.54) is 144 Å². The highest BCUT2D eigenvalue weighted by Crippen LogP contribution is 2.62. The molecule has 6 heteroatoms. The fraction of sp³-hybridized carbons (Fsp3) is 0.294. The van der Waals surface area contributed by atoms with Gasteiger partial charge in [0.15, 0.2) is 0 Å². The van der Waals surface area contributed by atoms with Crippen molar-refractivity contribution in [3.8, 4) is 0 Å². The standard InChI is InChI=1S/C68H66BN3S2/c1-64(2,3)41-22-27-54-51(34-41)67(10)32-16-17-33-68(67,11)72(54)46-39-57-63-58(40-46)71(45-26-31-62-50(38-45)48-19-13-15-21-60(48)74-62)56-29-24-43(66(7,8)9)36-53(56)69(63)52-35-42(65(4,5)6)23-28-55(52)70(57)44-25-30-61-49(37-44)47-18-12-14-20-59(47)73-61/h12-15,18-31,34-40H,16-17,32-33H2,1-11H3. The summed E-state index contributed by atoms with van der Waals surface area (Å²) in [6, 6.07) is 60.2. The second kappa shape index (κ2) is 15.6. The molecule has 0 spiro atoms. The van der Waals surface area contributed by atoms with Crippen molar-refractivity contribution in [2.45, 2.75) is 129 Å². The van der Waals surface area contributed by atoms with Crippen molar-refractivity contribution in [3.63, 3.8) is 0 Å². The van der Waals surface area contributed by atoms with E-state index in [-0.39, 0.29) is 33.9 Å². The van der Waals surface area contributed by atoms with Crippen molar-refractivity contribution in [1.82, 2.24) is 0 Å². The van der Waals surface area contributed by atoms with Crippen LogP contribution < -0.4 is 31.1 Å². The Morgan fingerprint density at radius 3 is 1.36 bits per heavy atom. The first kappa shape index (κ1) is 46.2. The van der Waals surface area contributed by atoms with Crippen LogP contribution in [0.15, 0.2) is 152 Å². The molecule has 1 saturated carbocycles. The van der Waals surface area contributed by atoms with E-state index in [0.717, 1.165) is 6.42 Å². The number of benzene rings is 8. The predicted molar refractivity (Wildman–Crippen MR) is 325 cm³/mol. The number of hydrogen-bond donors (Lipinski definition) is 0. The van der Waals surface area contributed by atoms with Crippen molar-refractivity contribution in [3.05, 3.63) is 174 Å². The maximum Gasteiger partial charge on any atom is 0.252 e. The van der Waals surface area contributed by atoms with Crippen LogP contribution in [0, 0.1) is 0 Å². The molecule has 2 atom stereocenters. The molecular formula is C68H66BN3S2. The average molecular weight is 1000 g/mol. The van der Waals surface area contributed by atoms with Gasteiger partial charge in [0.25, 0.3) is 6.71 Å². The summed E-state index contributed by atoms with van der Waals surface area (Å²) < 4.78 is 5.30. The molecular weight excluding hydrogens is 934 g/mol. The van der Waals surface area contributed by atoms with E-state index in [2.05, 4.69) is 243 Å². The summed E-state index contributed by atoms with van der Waals surface area (Å²) in [5.41, 5.74) is 19.6. The van der Waals surface area contributed by atoms with Crippen LogP contribution in [0.2, 0.25) is 0 Å². The third kappa shape index (κ3) is 6.56. The van der Waals surface area contributed by atoms with Gasteiger partial charge >= 0.3 is 0 Å². The zero-order chi connectivity index (χ0) is 51.0. The second-order valence-electron chi connectivity index (χ2n) is 25.7. The number of anilines is 8. The molecule has 2 aromatic heterocycles.